The molecule has 0 heterocycles. The van der Waals surface area contributed by atoms with Crippen LogP contribution in [-0.2, 0) is 6.54 Å². The second-order valence-electron chi connectivity index (χ2n) is 4.24. The molecule has 0 bridgehead atoms. The predicted molar refractivity (Wildman–Crippen MR) is 68.6 cm³/mol. The third-order valence-corrected chi connectivity index (χ3v) is 4.71. The van der Waals surface area contributed by atoms with Crippen molar-refractivity contribution in [1.29, 1.82) is 0 Å². The van der Waals surface area contributed by atoms with E-state index in [-0.39, 0.29) is 10.8 Å². The molecule has 1 aromatic rings. The van der Waals surface area contributed by atoms with E-state index in [1.54, 1.807) is 12.1 Å². The maximum Gasteiger partial charge on any atom is 0.141 e. The maximum absolute atomic E-state index is 12.9. The van der Waals surface area contributed by atoms with Crippen molar-refractivity contribution in [2.45, 2.75) is 24.1 Å². The highest BCUT2D eigenvalue weighted by Gasteiger charge is 2.41. The second kappa shape index (κ2) is 4.94. The highest BCUT2D eigenvalue weighted by atomic mass is 35.5. The van der Waals surface area contributed by atoms with Crippen LogP contribution in [-0.4, -0.2) is 17.5 Å². The molecule has 0 saturated heterocycles. The summed E-state index contributed by atoms with van der Waals surface area (Å²) in [6.45, 7) is 1.77. The summed E-state index contributed by atoms with van der Waals surface area (Å²) in [6, 6.07) is 4.87. The molecule has 0 atom stereocenters. The van der Waals surface area contributed by atoms with E-state index >= 15 is 0 Å². The van der Waals surface area contributed by atoms with Gasteiger partial charge in [-0.15, -0.1) is 0 Å². The Balaban J connectivity index is 1.83. The van der Waals surface area contributed by atoms with E-state index in [4.69, 9.17) is 11.6 Å². The highest BCUT2D eigenvalue weighted by molar-refractivity contribution is 8.00. The molecule has 0 amide bonds. The zero-order valence-electron chi connectivity index (χ0n) is 9.22. The number of hydrogen-bond acceptors (Lipinski definition) is 2. The van der Waals surface area contributed by atoms with Crippen LogP contribution in [0.2, 0.25) is 5.02 Å². The summed E-state index contributed by atoms with van der Waals surface area (Å²) in [5.74, 6) is -0.354. The molecule has 0 aromatic heterocycles. The Hall–Kier alpha value is -0.250. The average Bonchev–Trinajstić information content (AvgIpc) is 3.04. The molecule has 1 aliphatic rings. The number of hydrogen-bond donors (Lipinski definition) is 1. The molecule has 1 aliphatic carbocycles. The fourth-order valence-electron chi connectivity index (χ4n) is 1.68. The number of halogens is 2. The first-order chi connectivity index (χ1) is 7.65. The van der Waals surface area contributed by atoms with Gasteiger partial charge in [0.05, 0.1) is 5.02 Å². The number of nitrogens with one attached hydrogen (secondary N) is 1. The minimum atomic E-state index is -0.354. The summed E-state index contributed by atoms with van der Waals surface area (Å²) in [5, 5.41) is 3.60. The van der Waals surface area contributed by atoms with Crippen molar-refractivity contribution < 1.29 is 4.39 Å². The minimum Gasteiger partial charge on any atom is -0.311 e. The van der Waals surface area contributed by atoms with Crippen LogP contribution in [0.3, 0.4) is 0 Å². The van der Waals surface area contributed by atoms with Crippen LogP contribution in [0.15, 0.2) is 18.2 Å². The SMILES string of the molecule is CSC1(CNCc2ccc(F)c(Cl)c2)CC1. The van der Waals surface area contributed by atoms with Gasteiger partial charge in [0.2, 0.25) is 0 Å². The van der Waals surface area contributed by atoms with Crippen LogP contribution in [0, 0.1) is 5.82 Å². The molecule has 1 saturated carbocycles. The molecule has 2 rings (SSSR count). The third kappa shape index (κ3) is 2.90. The zero-order chi connectivity index (χ0) is 11.6. The zero-order valence-corrected chi connectivity index (χ0v) is 10.8. The molecule has 0 aliphatic heterocycles. The van der Waals surface area contributed by atoms with Gasteiger partial charge in [-0.1, -0.05) is 17.7 Å². The van der Waals surface area contributed by atoms with E-state index in [9.17, 15) is 4.39 Å². The molecule has 0 spiro atoms. The summed E-state index contributed by atoms with van der Waals surface area (Å²) >= 11 is 7.65. The third-order valence-electron chi connectivity index (χ3n) is 3.00. The maximum atomic E-state index is 12.9. The second-order valence-corrected chi connectivity index (χ2v) is 5.92. The quantitative estimate of drug-likeness (QED) is 0.869. The molecule has 1 fully saturated rings. The van der Waals surface area contributed by atoms with E-state index in [2.05, 4.69) is 11.6 Å². The smallest absolute Gasteiger partial charge is 0.141 e. The highest BCUT2D eigenvalue weighted by Crippen LogP contribution is 2.46. The fourth-order valence-corrected chi connectivity index (χ4v) is 2.64. The molecule has 0 unspecified atom stereocenters. The van der Waals surface area contributed by atoms with Crippen LogP contribution in [0.1, 0.15) is 18.4 Å². The van der Waals surface area contributed by atoms with Crippen molar-refractivity contribution in [2.75, 3.05) is 12.8 Å². The van der Waals surface area contributed by atoms with Gasteiger partial charge >= 0.3 is 0 Å². The molecule has 4 heteroatoms. The Morgan fingerprint density at radius 2 is 2.25 bits per heavy atom. The van der Waals surface area contributed by atoms with Gasteiger partial charge in [-0.05, 0) is 36.8 Å². The molecule has 1 N–H and O–H groups in total. The average molecular weight is 260 g/mol. The Morgan fingerprint density at radius 3 is 2.81 bits per heavy atom. The Morgan fingerprint density at radius 1 is 1.50 bits per heavy atom. The van der Waals surface area contributed by atoms with Crippen LogP contribution >= 0.6 is 23.4 Å². The van der Waals surface area contributed by atoms with Crippen LogP contribution in [0.4, 0.5) is 4.39 Å². The van der Waals surface area contributed by atoms with Crippen LogP contribution in [0.25, 0.3) is 0 Å². The van der Waals surface area contributed by atoms with Crippen molar-refractivity contribution in [3.63, 3.8) is 0 Å². The molecule has 88 valence electrons. The minimum absolute atomic E-state index is 0.199. The number of benzene rings is 1. The Labute approximate surface area is 105 Å². The van der Waals surface area contributed by atoms with Crippen molar-refractivity contribution in [3.8, 4) is 0 Å². The van der Waals surface area contributed by atoms with Gasteiger partial charge in [-0.25, -0.2) is 4.39 Å². The van der Waals surface area contributed by atoms with Gasteiger partial charge in [-0.3, -0.25) is 0 Å². The molecular formula is C12H15ClFNS. The van der Waals surface area contributed by atoms with Crippen molar-refractivity contribution >= 4 is 23.4 Å². The first-order valence-electron chi connectivity index (χ1n) is 5.35. The van der Waals surface area contributed by atoms with Gasteiger partial charge in [-0.2, -0.15) is 11.8 Å². The lowest BCUT2D eigenvalue weighted by Crippen LogP contribution is -2.25. The summed E-state index contributed by atoms with van der Waals surface area (Å²) < 4.78 is 13.4. The normalized spacial score (nSPS) is 17.4. The molecular weight excluding hydrogens is 245 g/mol. The van der Waals surface area contributed by atoms with Gasteiger partial charge in [0.1, 0.15) is 5.82 Å². The van der Waals surface area contributed by atoms with Gasteiger partial charge in [0.15, 0.2) is 0 Å². The molecule has 1 nitrogen and oxygen atoms in total. The van der Waals surface area contributed by atoms with E-state index < -0.39 is 0 Å². The van der Waals surface area contributed by atoms with Crippen molar-refractivity contribution in [2.24, 2.45) is 0 Å². The molecule has 1 aromatic carbocycles. The largest absolute Gasteiger partial charge is 0.311 e. The molecule has 0 radical (unpaired) electrons. The monoisotopic (exact) mass is 259 g/mol. The van der Waals surface area contributed by atoms with Gasteiger partial charge in [0, 0.05) is 17.8 Å². The lowest BCUT2D eigenvalue weighted by Gasteiger charge is -2.13. The van der Waals surface area contributed by atoms with E-state index in [0.717, 1.165) is 18.7 Å². The standard InChI is InChI=1S/C12H15ClFNS/c1-16-12(4-5-12)8-15-7-9-2-3-11(14)10(13)6-9/h2-3,6,15H,4-5,7-8H2,1H3. The van der Waals surface area contributed by atoms with E-state index in [0.29, 0.717) is 4.75 Å². The lowest BCUT2D eigenvalue weighted by atomic mass is 10.2. The predicted octanol–water partition coefficient (Wildman–Crippen LogP) is 3.46. The first kappa shape index (κ1) is 12.2. The Bertz CT molecular complexity index is 379. The summed E-state index contributed by atoms with van der Waals surface area (Å²) in [5.41, 5.74) is 1.03. The topological polar surface area (TPSA) is 12.0 Å². The molecule has 16 heavy (non-hydrogen) atoms. The van der Waals surface area contributed by atoms with Crippen LogP contribution < -0.4 is 5.32 Å². The summed E-state index contributed by atoms with van der Waals surface area (Å²) in [6.07, 6.45) is 4.75. The Kier molecular flexibility index (Phi) is 3.77. The van der Waals surface area contributed by atoms with Crippen molar-refractivity contribution in [1.82, 2.24) is 5.32 Å². The van der Waals surface area contributed by atoms with Crippen molar-refractivity contribution in [3.05, 3.63) is 34.6 Å². The first-order valence-corrected chi connectivity index (χ1v) is 6.95. The number of thioether (sulfide) groups is 1. The van der Waals surface area contributed by atoms with Crippen LogP contribution in [0.5, 0.6) is 0 Å². The van der Waals surface area contributed by atoms with E-state index in [1.165, 1.54) is 18.9 Å². The summed E-state index contributed by atoms with van der Waals surface area (Å²) in [7, 11) is 0. The van der Waals surface area contributed by atoms with Gasteiger partial charge < -0.3 is 5.32 Å². The lowest BCUT2D eigenvalue weighted by molar-refractivity contribution is 0.624. The fraction of sp³-hybridized carbons (Fsp3) is 0.500. The van der Waals surface area contributed by atoms with Gasteiger partial charge in [0.25, 0.3) is 0 Å². The summed E-state index contributed by atoms with van der Waals surface area (Å²) in [4.78, 5) is 0. The van der Waals surface area contributed by atoms with E-state index in [1.807, 2.05) is 11.8 Å². The number of rotatable bonds is 5.